The molecule has 2 aromatic rings. The molecule has 0 aliphatic rings. The lowest BCUT2D eigenvalue weighted by Gasteiger charge is -2.06. The number of anilines is 1. The minimum atomic E-state index is 0.718. The maximum Gasteiger partial charge on any atom is 0.141 e. The second-order valence-electron chi connectivity index (χ2n) is 3.59. The third-order valence-electron chi connectivity index (χ3n) is 2.46. The first-order valence-corrected chi connectivity index (χ1v) is 5.17. The molecule has 0 amide bonds. The van der Waals surface area contributed by atoms with E-state index in [9.17, 15) is 0 Å². The van der Waals surface area contributed by atoms with E-state index in [-0.39, 0.29) is 0 Å². The van der Waals surface area contributed by atoms with E-state index in [0.717, 1.165) is 36.2 Å². The maximum absolute atomic E-state index is 5.45. The monoisotopic (exact) mass is 204 g/mol. The van der Waals surface area contributed by atoms with Gasteiger partial charge in [-0.3, -0.25) is 0 Å². The molecule has 0 spiro atoms. The molecule has 80 valence electrons. The van der Waals surface area contributed by atoms with E-state index in [1.54, 1.807) is 0 Å². The normalized spacial score (nSPS) is 10.8. The zero-order valence-corrected chi connectivity index (χ0v) is 8.90. The highest BCUT2D eigenvalue weighted by molar-refractivity contribution is 5.89. The molecule has 0 aromatic carbocycles. The first-order valence-electron chi connectivity index (χ1n) is 5.17. The van der Waals surface area contributed by atoms with Crippen LogP contribution in [0.3, 0.4) is 0 Å². The zero-order valence-electron chi connectivity index (χ0n) is 8.90. The van der Waals surface area contributed by atoms with Crippen molar-refractivity contribution in [3.63, 3.8) is 0 Å². The SMILES string of the molecule is Cn1ccc2c(NCCCN)ccnc21. The summed E-state index contributed by atoms with van der Waals surface area (Å²) in [6.07, 6.45) is 4.83. The van der Waals surface area contributed by atoms with Gasteiger partial charge in [0.15, 0.2) is 0 Å². The third-order valence-corrected chi connectivity index (χ3v) is 2.46. The predicted octanol–water partition coefficient (Wildman–Crippen LogP) is 1.33. The van der Waals surface area contributed by atoms with Crippen molar-refractivity contribution in [2.24, 2.45) is 12.8 Å². The largest absolute Gasteiger partial charge is 0.384 e. The topological polar surface area (TPSA) is 55.9 Å². The fourth-order valence-electron chi connectivity index (χ4n) is 1.64. The highest BCUT2D eigenvalue weighted by Crippen LogP contribution is 2.21. The number of nitrogens with two attached hydrogens (primary N) is 1. The fourth-order valence-corrected chi connectivity index (χ4v) is 1.64. The van der Waals surface area contributed by atoms with Crippen molar-refractivity contribution in [2.75, 3.05) is 18.4 Å². The molecule has 4 nitrogen and oxygen atoms in total. The van der Waals surface area contributed by atoms with Crippen LogP contribution < -0.4 is 11.1 Å². The summed E-state index contributed by atoms with van der Waals surface area (Å²) in [5, 5.41) is 4.53. The molecule has 0 radical (unpaired) electrons. The van der Waals surface area contributed by atoms with Gasteiger partial charge < -0.3 is 15.6 Å². The molecule has 0 unspecified atom stereocenters. The van der Waals surface area contributed by atoms with Gasteiger partial charge in [0.25, 0.3) is 0 Å². The fraction of sp³-hybridized carbons (Fsp3) is 0.364. The van der Waals surface area contributed by atoms with Crippen molar-refractivity contribution in [2.45, 2.75) is 6.42 Å². The Morgan fingerprint density at radius 2 is 2.33 bits per heavy atom. The van der Waals surface area contributed by atoms with Crippen molar-refractivity contribution < 1.29 is 0 Å². The number of fused-ring (bicyclic) bond motifs is 1. The summed E-state index contributed by atoms with van der Waals surface area (Å²) in [5.74, 6) is 0. The lowest BCUT2D eigenvalue weighted by molar-refractivity contribution is 0.875. The van der Waals surface area contributed by atoms with Gasteiger partial charge in [0.05, 0.1) is 0 Å². The van der Waals surface area contributed by atoms with Crippen molar-refractivity contribution in [3.05, 3.63) is 24.5 Å². The van der Waals surface area contributed by atoms with Crippen LogP contribution in [0.5, 0.6) is 0 Å². The number of aromatic nitrogens is 2. The molecule has 2 rings (SSSR count). The van der Waals surface area contributed by atoms with Crippen LogP contribution in [0.25, 0.3) is 11.0 Å². The lowest BCUT2D eigenvalue weighted by Crippen LogP contribution is -2.08. The summed E-state index contributed by atoms with van der Waals surface area (Å²) in [6.45, 7) is 1.63. The second kappa shape index (κ2) is 4.31. The van der Waals surface area contributed by atoms with Crippen LogP contribution in [0, 0.1) is 0 Å². The summed E-state index contributed by atoms with van der Waals surface area (Å²) < 4.78 is 2.02. The Hall–Kier alpha value is -1.55. The van der Waals surface area contributed by atoms with Gasteiger partial charge in [-0.1, -0.05) is 0 Å². The Balaban J connectivity index is 2.26. The minimum Gasteiger partial charge on any atom is -0.384 e. The van der Waals surface area contributed by atoms with E-state index in [0.29, 0.717) is 0 Å². The highest BCUT2D eigenvalue weighted by Gasteiger charge is 2.03. The Morgan fingerprint density at radius 3 is 3.13 bits per heavy atom. The van der Waals surface area contributed by atoms with E-state index in [2.05, 4.69) is 16.4 Å². The number of hydrogen-bond donors (Lipinski definition) is 2. The summed E-state index contributed by atoms with van der Waals surface area (Å²) in [6, 6.07) is 4.08. The van der Waals surface area contributed by atoms with Crippen LogP contribution >= 0.6 is 0 Å². The average molecular weight is 204 g/mol. The molecular formula is C11H16N4. The smallest absolute Gasteiger partial charge is 0.141 e. The van der Waals surface area contributed by atoms with Crippen molar-refractivity contribution in [1.29, 1.82) is 0 Å². The van der Waals surface area contributed by atoms with Gasteiger partial charge in [-0.2, -0.15) is 0 Å². The number of nitrogens with one attached hydrogen (secondary N) is 1. The van der Waals surface area contributed by atoms with Crippen LogP contribution in [0.15, 0.2) is 24.5 Å². The standard InChI is InChI=1S/C11H16N4/c1-15-8-4-9-10(13-6-2-5-12)3-7-14-11(9)15/h3-4,7-8H,2,5-6,12H2,1H3,(H,13,14). The Labute approximate surface area is 89.1 Å². The summed E-state index contributed by atoms with van der Waals surface area (Å²) in [4.78, 5) is 4.33. The van der Waals surface area contributed by atoms with E-state index in [1.165, 1.54) is 0 Å². The van der Waals surface area contributed by atoms with Crippen LogP contribution in [-0.2, 0) is 7.05 Å². The zero-order chi connectivity index (χ0) is 10.7. The molecule has 15 heavy (non-hydrogen) atoms. The van der Waals surface area contributed by atoms with Gasteiger partial charge in [0.2, 0.25) is 0 Å². The number of aryl methyl sites for hydroxylation is 1. The first kappa shape index (κ1) is 9.98. The average Bonchev–Trinajstić information content (AvgIpc) is 2.62. The van der Waals surface area contributed by atoms with Crippen LogP contribution in [0.1, 0.15) is 6.42 Å². The maximum atomic E-state index is 5.45. The van der Waals surface area contributed by atoms with Crippen LogP contribution in [0.2, 0.25) is 0 Å². The summed E-state index contributed by atoms with van der Waals surface area (Å²) in [7, 11) is 2.00. The molecule has 0 saturated heterocycles. The van der Waals surface area contributed by atoms with Gasteiger partial charge in [-0.15, -0.1) is 0 Å². The molecule has 0 aliphatic heterocycles. The second-order valence-corrected chi connectivity index (χ2v) is 3.59. The molecule has 0 atom stereocenters. The number of pyridine rings is 1. The molecule has 0 saturated carbocycles. The number of rotatable bonds is 4. The molecular weight excluding hydrogens is 188 g/mol. The van der Waals surface area contributed by atoms with Crippen molar-refractivity contribution in [3.8, 4) is 0 Å². The number of nitrogens with zero attached hydrogens (tertiary/aromatic N) is 2. The molecule has 0 fully saturated rings. The van der Waals surface area contributed by atoms with Gasteiger partial charge in [0.1, 0.15) is 5.65 Å². The minimum absolute atomic E-state index is 0.718. The van der Waals surface area contributed by atoms with E-state index in [1.807, 2.05) is 30.1 Å². The summed E-state index contributed by atoms with van der Waals surface area (Å²) in [5.41, 5.74) is 7.59. The number of hydrogen-bond acceptors (Lipinski definition) is 3. The molecule has 2 aromatic heterocycles. The van der Waals surface area contributed by atoms with E-state index in [4.69, 9.17) is 5.73 Å². The van der Waals surface area contributed by atoms with E-state index >= 15 is 0 Å². The molecule has 0 bridgehead atoms. The Kier molecular flexibility index (Phi) is 2.87. The Bertz CT molecular complexity index is 447. The Morgan fingerprint density at radius 1 is 1.47 bits per heavy atom. The first-order chi connectivity index (χ1) is 7.33. The van der Waals surface area contributed by atoms with Crippen molar-refractivity contribution in [1.82, 2.24) is 9.55 Å². The summed E-state index contributed by atoms with van der Waals surface area (Å²) >= 11 is 0. The van der Waals surface area contributed by atoms with E-state index < -0.39 is 0 Å². The van der Waals surface area contributed by atoms with Gasteiger partial charge >= 0.3 is 0 Å². The quantitative estimate of drug-likeness (QED) is 0.739. The highest BCUT2D eigenvalue weighted by atomic mass is 15.0. The molecule has 0 aliphatic carbocycles. The van der Waals surface area contributed by atoms with Gasteiger partial charge in [-0.05, 0) is 25.1 Å². The molecule has 3 N–H and O–H groups in total. The van der Waals surface area contributed by atoms with Crippen LogP contribution in [0.4, 0.5) is 5.69 Å². The van der Waals surface area contributed by atoms with Gasteiger partial charge in [0, 0.05) is 37.1 Å². The van der Waals surface area contributed by atoms with Crippen molar-refractivity contribution >= 4 is 16.7 Å². The van der Waals surface area contributed by atoms with Crippen LogP contribution in [-0.4, -0.2) is 22.6 Å². The predicted molar refractivity (Wildman–Crippen MR) is 62.9 cm³/mol. The third kappa shape index (κ3) is 1.94. The lowest BCUT2D eigenvalue weighted by atomic mass is 10.3. The van der Waals surface area contributed by atoms with Gasteiger partial charge in [-0.25, -0.2) is 4.98 Å². The molecule has 4 heteroatoms. The molecule has 2 heterocycles.